The van der Waals surface area contributed by atoms with Crippen LogP contribution in [0.25, 0.3) is 0 Å². The number of halogens is 1. The Balaban J connectivity index is 2.34. The highest BCUT2D eigenvalue weighted by atomic mass is 32.2. The normalized spacial score (nSPS) is 19.4. The van der Waals surface area contributed by atoms with Crippen molar-refractivity contribution in [2.24, 2.45) is 5.41 Å². The number of nitrogens with one attached hydrogen (secondary N) is 1. The second kappa shape index (κ2) is 3.46. The molecular weight excluding hydrogens is 197 g/mol. The summed E-state index contributed by atoms with van der Waals surface area (Å²) >= 11 is 1.73. The molecule has 76 valence electrons. The van der Waals surface area contributed by atoms with E-state index in [2.05, 4.69) is 19.2 Å². The van der Waals surface area contributed by atoms with Gasteiger partial charge in [0.25, 0.3) is 0 Å². The van der Waals surface area contributed by atoms with Gasteiger partial charge >= 0.3 is 0 Å². The molecule has 0 bridgehead atoms. The first kappa shape index (κ1) is 9.84. The molecule has 1 aromatic rings. The largest absolute Gasteiger partial charge is 0.381 e. The Morgan fingerprint density at radius 2 is 2.21 bits per heavy atom. The van der Waals surface area contributed by atoms with Crippen molar-refractivity contribution in [2.75, 3.05) is 17.6 Å². The summed E-state index contributed by atoms with van der Waals surface area (Å²) in [5.74, 6) is 0.879. The molecule has 2 rings (SSSR count). The van der Waals surface area contributed by atoms with Gasteiger partial charge in [0.2, 0.25) is 0 Å². The summed E-state index contributed by atoms with van der Waals surface area (Å²) in [6.07, 6.45) is 0. The minimum absolute atomic E-state index is 0.146. The minimum atomic E-state index is -0.146. The summed E-state index contributed by atoms with van der Waals surface area (Å²) in [7, 11) is 0. The molecule has 0 saturated carbocycles. The quantitative estimate of drug-likeness (QED) is 0.706. The number of para-hydroxylation sites is 1. The summed E-state index contributed by atoms with van der Waals surface area (Å²) in [4.78, 5) is 1.02. The zero-order valence-electron chi connectivity index (χ0n) is 8.43. The summed E-state index contributed by atoms with van der Waals surface area (Å²) in [5.41, 5.74) is 0.888. The Morgan fingerprint density at radius 1 is 1.43 bits per heavy atom. The van der Waals surface area contributed by atoms with Gasteiger partial charge in [-0.1, -0.05) is 19.9 Å². The van der Waals surface area contributed by atoms with Crippen molar-refractivity contribution in [3.63, 3.8) is 0 Å². The fourth-order valence-corrected chi connectivity index (χ4v) is 2.59. The third-order valence-corrected chi connectivity index (χ3v) is 3.91. The second-order valence-corrected chi connectivity index (χ2v) is 5.44. The molecule has 0 atom stereocenters. The fourth-order valence-electron chi connectivity index (χ4n) is 1.45. The predicted octanol–water partition coefficient (Wildman–Crippen LogP) is 3.37. The second-order valence-electron chi connectivity index (χ2n) is 4.42. The van der Waals surface area contributed by atoms with Crippen LogP contribution >= 0.6 is 11.8 Å². The zero-order chi connectivity index (χ0) is 10.2. The zero-order valence-corrected chi connectivity index (χ0v) is 9.25. The number of hydrogen-bond donors (Lipinski definition) is 1. The first-order valence-electron chi connectivity index (χ1n) is 4.74. The van der Waals surface area contributed by atoms with Crippen LogP contribution in [0, 0.1) is 11.2 Å². The van der Waals surface area contributed by atoms with E-state index < -0.39 is 0 Å². The van der Waals surface area contributed by atoms with Crippen LogP contribution in [-0.2, 0) is 0 Å². The van der Waals surface area contributed by atoms with Crippen molar-refractivity contribution < 1.29 is 4.39 Å². The van der Waals surface area contributed by atoms with Gasteiger partial charge in [-0.15, -0.1) is 11.8 Å². The lowest BCUT2D eigenvalue weighted by atomic mass is 9.96. The molecule has 1 heterocycles. The summed E-state index contributed by atoms with van der Waals surface area (Å²) in [6.45, 7) is 5.21. The van der Waals surface area contributed by atoms with Gasteiger partial charge in [0.05, 0.1) is 5.69 Å². The fraction of sp³-hybridized carbons (Fsp3) is 0.455. The number of anilines is 1. The highest BCUT2D eigenvalue weighted by molar-refractivity contribution is 7.99. The van der Waals surface area contributed by atoms with E-state index in [1.54, 1.807) is 17.8 Å². The standard InChI is InChI=1S/C11H14FNS/c1-11(2)6-13-10-8(12)4-3-5-9(10)14-7-11/h3-5,13H,6-7H2,1-2H3. The first-order valence-corrected chi connectivity index (χ1v) is 5.72. The molecule has 0 unspecified atom stereocenters. The van der Waals surface area contributed by atoms with Crippen molar-refractivity contribution in [1.29, 1.82) is 0 Å². The van der Waals surface area contributed by atoms with Gasteiger partial charge in [-0.2, -0.15) is 0 Å². The molecule has 0 saturated heterocycles. The Bertz CT molecular complexity index is 349. The van der Waals surface area contributed by atoms with Gasteiger partial charge in [0.15, 0.2) is 0 Å². The van der Waals surface area contributed by atoms with E-state index in [1.165, 1.54) is 6.07 Å². The van der Waals surface area contributed by atoms with Crippen molar-refractivity contribution in [3.05, 3.63) is 24.0 Å². The smallest absolute Gasteiger partial charge is 0.147 e. The molecule has 0 fully saturated rings. The number of rotatable bonds is 0. The summed E-state index contributed by atoms with van der Waals surface area (Å²) in [6, 6.07) is 5.24. The maximum Gasteiger partial charge on any atom is 0.147 e. The summed E-state index contributed by atoms with van der Waals surface area (Å²) in [5, 5.41) is 3.19. The van der Waals surface area contributed by atoms with Crippen LogP contribution < -0.4 is 5.32 Å². The minimum Gasteiger partial charge on any atom is -0.381 e. The maximum atomic E-state index is 13.4. The van der Waals surface area contributed by atoms with Crippen LogP contribution in [0.1, 0.15) is 13.8 Å². The van der Waals surface area contributed by atoms with Crippen molar-refractivity contribution >= 4 is 17.4 Å². The average molecular weight is 211 g/mol. The molecular formula is C11H14FNS. The maximum absolute atomic E-state index is 13.4. The van der Waals surface area contributed by atoms with Crippen LogP contribution in [-0.4, -0.2) is 12.3 Å². The molecule has 14 heavy (non-hydrogen) atoms. The number of hydrogen-bond acceptors (Lipinski definition) is 2. The Hall–Kier alpha value is -0.700. The van der Waals surface area contributed by atoms with Crippen LogP contribution in [0.2, 0.25) is 0 Å². The number of benzene rings is 1. The SMILES string of the molecule is CC1(C)CNc2c(F)cccc2SC1. The lowest BCUT2D eigenvalue weighted by molar-refractivity contribution is 0.454. The Kier molecular flexibility index (Phi) is 2.43. The topological polar surface area (TPSA) is 12.0 Å². The van der Waals surface area contributed by atoms with Gasteiger partial charge in [-0.3, -0.25) is 0 Å². The molecule has 1 aliphatic heterocycles. The monoisotopic (exact) mass is 211 g/mol. The van der Waals surface area contributed by atoms with E-state index in [1.807, 2.05) is 6.07 Å². The molecule has 0 aromatic heterocycles. The van der Waals surface area contributed by atoms with E-state index in [0.29, 0.717) is 5.69 Å². The molecule has 1 N–H and O–H groups in total. The molecule has 3 heteroatoms. The average Bonchev–Trinajstić information content (AvgIpc) is 2.27. The van der Waals surface area contributed by atoms with E-state index in [0.717, 1.165) is 17.2 Å². The number of thioether (sulfide) groups is 1. The number of fused-ring (bicyclic) bond motifs is 1. The van der Waals surface area contributed by atoms with Crippen LogP contribution in [0.4, 0.5) is 10.1 Å². The van der Waals surface area contributed by atoms with Gasteiger partial charge in [-0.25, -0.2) is 4.39 Å². The van der Waals surface area contributed by atoms with E-state index in [9.17, 15) is 4.39 Å². The molecule has 0 spiro atoms. The van der Waals surface area contributed by atoms with Crippen molar-refractivity contribution in [2.45, 2.75) is 18.7 Å². The van der Waals surface area contributed by atoms with Crippen LogP contribution in [0.3, 0.4) is 0 Å². The van der Waals surface area contributed by atoms with E-state index in [4.69, 9.17) is 0 Å². The predicted molar refractivity (Wildman–Crippen MR) is 59.4 cm³/mol. The summed E-state index contributed by atoms with van der Waals surface area (Å²) < 4.78 is 13.4. The first-order chi connectivity index (χ1) is 6.58. The van der Waals surface area contributed by atoms with Crippen LogP contribution in [0.15, 0.2) is 23.1 Å². The molecule has 0 radical (unpaired) electrons. The Labute approximate surface area is 88.1 Å². The van der Waals surface area contributed by atoms with Crippen molar-refractivity contribution in [3.8, 4) is 0 Å². The van der Waals surface area contributed by atoms with E-state index in [-0.39, 0.29) is 11.2 Å². The highest BCUT2D eigenvalue weighted by Gasteiger charge is 2.23. The van der Waals surface area contributed by atoms with Crippen molar-refractivity contribution in [1.82, 2.24) is 0 Å². The molecule has 1 aliphatic rings. The molecule has 1 aromatic carbocycles. The Morgan fingerprint density at radius 3 is 3.00 bits per heavy atom. The van der Waals surface area contributed by atoms with Crippen LogP contribution in [0.5, 0.6) is 0 Å². The lowest BCUT2D eigenvalue weighted by Gasteiger charge is -2.21. The third-order valence-electron chi connectivity index (χ3n) is 2.34. The van der Waals surface area contributed by atoms with Gasteiger partial charge < -0.3 is 5.32 Å². The van der Waals surface area contributed by atoms with Gasteiger partial charge in [0, 0.05) is 17.2 Å². The lowest BCUT2D eigenvalue weighted by Crippen LogP contribution is -2.23. The molecule has 1 nitrogen and oxygen atoms in total. The highest BCUT2D eigenvalue weighted by Crippen LogP contribution is 2.37. The van der Waals surface area contributed by atoms with E-state index >= 15 is 0 Å². The molecule has 0 amide bonds. The van der Waals surface area contributed by atoms with Gasteiger partial charge in [0.1, 0.15) is 5.82 Å². The molecule has 0 aliphatic carbocycles. The van der Waals surface area contributed by atoms with Gasteiger partial charge in [-0.05, 0) is 17.5 Å². The third kappa shape index (κ3) is 1.87.